The van der Waals surface area contributed by atoms with Crippen LogP contribution in [0.3, 0.4) is 0 Å². The van der Waals surface area contributed by atoms with E-state index in [9.17, 15) is 4.79 Å². The quantitative estimate of drug-likeness (QED) is 0.674. The number of carbonyl (C=O) groups is 1. The molecule has 2 aromatic carbocycles. The van der Waals surface area contributed by atoms with Crippen molar-refractivity contribution >= 4 is 16.8 Å². The summed E-state index contributed by atoms with van der Waals surface area (Å²) in [6.45, 7) is 0.590. The van der Waals surface area contributed by atoms with Gasteiger partial charge in [0.15, 0.2) is 0 Å². The van der Waals surface area contributed by atoms with Crippen LogP contribution >= 0.6 is 0 Å². The van der Waals surface area contributed by atoms with Crippen LogP contribution in [0.4, 0.5) is 0 Å². The molecule has 1 aromatic heterocycles. The van der Waals surface area contributed by atoms with E-state index in [1.54, 1.807) is 14.2 Å². The van der Waals surface area contributed by atoms with Gasteiger partial charge >= 0.3 is 0 Å². The fourth-order valence-corrected chi connectivity index (χ4v) is 3.76. The highest BCUT2D eigenvalue weighted by atomic mass is 16.5. The third kappa shape index (κ3) is 3.14. The van der Waals surface area contributed by atoms with Crippen LogP contribution in [0, 0.1) is 0 Å². The fraction of sp³-hybridized carbons (Fsp3) is 0.318. The maximum atomic E-state index is 13.0. The summed E-state index contributed by atoms with van der Waals surface area (Å²) in [5.74, 6) is 1.76. The number of benzene rings is 2. The van der Waals surface area contributed by atoms with E-state index in [0.717, 1.165) is 52.8 Å². The average Bonchev–Trinajstić information content (AvgIpc) is 3.41. The predicted octanol–water partition coefficient (Wildman–Crippen LogP) is 3.58. The number of fused-ring (bicyclic) bond motifs is 1. The number of hydrogen-bond acceptors (Lipinski definition) is 3. The van der Waals surface area contributed by atoms with Gasteiger partial charge in [-0.2, -0.15) is 0 Å². The van der Waals surface area contributed by atoms with Crippen LogP contribution in [0.2, 0.25) is 0 Å². The molecule has 0 unspecified atom stereocenters. The maximum Gasteiger partial charge on any atom is 0.230 e. The monoisotopic (exact) mass is 364 g/mol. The molecule has 1 fully saturated rings. The molecule has 1 aliphatic rings. The minimum atomic E-state index is -0.425. The Labute approximate surface area is 158 Å². The van der Waals surface area contributed by atoms with Crippen molar-refractivity contribution in [3.63, 3.8) is 0 Å². The van der Waals surface area contributed by atoms with E-state index in [-0.39, 0.29) is 5.91 Å². The number of methoxy groups -OCH3 is 2. The van der Waals surface area contributed by atoms with E-state index in [1.165, 1.54) is 0 Å². The zero-order valence-electron chi connectivity index (χ0n) is 15.7. The van der Waals surface area contributed by atoms with E-state index in [1.807, 2.05) is 48.7 Å². The highest BCUT2D eigenvalue weighted by molar-refractivity contribution is 5.98. The second kappa shape index (κ2) is 6.99. The summed E-state index contributed by atoms with van der Waals surface area (Å²) in [6.07, 6.45) is 4.46. The topological polar surface area (TPSA) is 63.4 Å². The van der Waals surface area contributed by atoms with Crippen LogP contribution < -0.4 is 14.8 Å². The molecular formula is C22H24N2O3. The lowest BCUT2D eigenvalue weighted by atomic mass is 9.94. The molecule has 1 amide bonds. The molecule has 0 spiro atoms. The fourth-order valence-electron chi connectivity index (χ4n) is 3.76. The number of H-pyrrole nitrogens is 1. The van der Waals surface area contributed by atoms with Gasteiger partial charge in [-0.15, -0.1) is 0 Å². The van der Waals surface area contributed by atoms with E-state index in [4.69, 9.17) is 9.47 Å². The molecule has 1 saturated carbocycles. The predicted molar refractivity (Wildman–Crippen MR) is 105 cm³/mol. The molecule has 140 valence electrons. The molecule has 2 N–H and O–H groups in total. The number of hydrogen-bond donors (Lipinski definition) is 2. The van der Waals surface area contributed by atoms with Gasteiger partial charge in [0.2, 0.25) is 5.91 Å². The van der Waals surface area contributed by atoms with Gasteiger partial charge in [0.25, 0.3) is 0 Å². The molecule has 0 bridgehead atoms. The van der Waals surface area contributed by atoms with E-state index < -0.39 is 5.41 Å². The first-order chi connectivity index (χ1) is 13.2. The van der Waals surface area contributed by atoms with Crippen molar-refractivity contribution in [1.29, 1.82) is 0 Å². The summed E-state index contributed by atoms with van der Waals surface area (Å²) >= 11 is 0. The number of aromatic nitrogens is 1. The molecular weight excluding hydrogens is 340 g/mol. The van der Waals surface area contributed by atoms with Gasteiger partial charge in [0.1, 0.15) is 11.5 Å². The third-order valence-corrected chi connectivity index (χ3v) is 5.46. The standard InChI is InChI=1S/C22H24N2O3/c1-26-16-7-8-19-17(13-16)18(14-24-19)22(10-11-22)21(25)23-12-9-15-5-3-4-6-20(15)27-2/h3-8,13-14,24H,9-12H2,1-2H3,(H,23,25). The molecule has 1 aliphatic carbocycles. The van der Waals surface area contributed by atoms with Crippen LogP contribution in [0.5, 0.6) is 11.5 Å². The summed E-state index contributed by atoms with van der Waals surface area (Å²) in [6, 6.07) is 13.8. The van der Waals surface area contributed by atoms with Crippen molar-refractivity contribution in [2.24, 2.45) is 0 Å². The molecule has 0 radical (unpaired) electrons. The molecule has 5 nitrogen and oxygen atoms in total. The van der Waals surface area contributed by atoms with Crippen LogP contribution in [0.1, 0.15) is 24.0 Å². The first-order valence-corrected chi connectivity index (χ1v) is 9.24. The van der Waals surface area contributed by atoms with Gasteiger partial charge < -0.3 is 19.8 Å². The van der Waals surface area contributed by atoms with Gasteiger partial charge in [-0.3, -0.25) is 4.79 Å². The first-order valence-electron chi connectivity index (χ1n) is 9.24. The number of para-hydroxylation sites is 1. The Bertz CT molecular complexity index is 973. The smallest absolute Gasteiger partial charge is 0.230 e. The second-order valence-electron chi connectivity index (χ2n) is 7.01. The Kier molecular flexibility index (Phi) is 4.52. The molecule has 0 atom stereocenters. The van der Waals surface area contributed by atoms with Gasteiger partial charge in [-0.05, 0) is 54.7 Å². The van der Waals surface area contributed by atoms with Crippen molar-refractivity contribution in [3.05, 3.63) is 59.8 Å². The number of amides is 1. The van der Waals surface area contributed by atoms with Crippen LogP contribution in [-0.4, -0.2) is 31.7 Å². The lowest BCUT2D eigenvalue weighted by Crippen LogP contribution is -2.35. The van der Waals surface area contributed by atoms with Crippen molar-refractivity contribution < 1.29 is 14.3 Å². The number of ether oxygens (including phenoxy) is 2. The van der Waals surface area contributed by atoms with Gasteiger partial charge in [-0.1, -0.05) is 18.2 Å². The first kappa shape index (κ1) is 17.5. The number of carbonyl (C=O) groups excluding carboxylic acids is 1. The highest BCUT2D eigenvalue weighted by Gasteiger charge is 2.52. The van der Waals surface area contributed by atoms with Crippen LogP contribution in [0.15, 0.2) is 48.7 Å². The minimum absolute atomic E-state index is 0.0983. The number of aromatic amines is 1. The zero-order valence-corrected chi connectivity index (χ0v) is 15.7. The van der Waals surface area contributed by atoms with E-state index in [2.05, 4.69) is 10.3 Å². The maximum absolute atomic E-state index is 13.0. The van der Waals surface area contributed by atoms with Crippen molar-refractivity contribution in [2.45, 2.75) is 24.7 Å². The van der Waals surface area contributed by atoms with E-state index >= 15 is 0 Å². The SMILES string of the molecule is COc1ccc2[nH]cc(C3(C(=O)NCCc4ccccc4OC)CC3)c2c1. The largest absolute Gasteiger partial charge is 0.497 e. The summed E-state index contributed by atoms with van der Waals surface area (Å²) in [5, 5.41) is 4.19. The second-order valence-corrected chi connectivity index (χ2v) is 7.01. The van der Waals surface area contributed by atoms with Crippen molar-refractivity contribution in [1.82, 2.24) is 10.3 Å². The summed E-state index contributed by atoms with van der Waals surface area (Å²) in [7, 11) is 3.33. The minimum Gasteiger partial charge on any atom is -0.497 e. The van der Waals surface area contributed by atoms with E-state index in [0.29, 0.717) is 6.54 Å². The molecule has 3 aromatic rings. The average molecular weight is 364 g/mol. The molecule has 5 heteroatoms. The Morgan fingerprint density at radius 1 is 1.15 bits per heavy atom. The molecule has 4 rings (SSSR count). The Balaban J connectivity index is 1.49. The van der Waals surface area contributed by atoms with Gasteiger partial charge in [-0.25, -0.2) is 0 Å². The van der Waals surface area contributed by atoms with Crippen molar-refractivity contribution in [3.8, 4) is 11.5 Å². The van der Waals surface area contributed by atoms with Crippen LogP contribution in [-0.2, 0) is 16.6 Å². The summed E-state index contributed by atoms with van der Waals surface area (Å²) in [5.41, 5.74) is 2.76. The molecule has 27 heavy (non-hydrogen) atoms. The Morgan fingerprint density at radius 3 is 2.70 bits per heavy atom. The third-order valence-electron chi connectivity index (χ3n) is 5.46. The normalized spacial score (nSPS) is 14.7. The Hall–Kier alpha value is -2.95. The lowest BCUT2D eigenvalue weighted by molar-refractivity contribution is -0.123. The summed E-state index contributed by atoms with van der Waals surface area (Å²) in [4.78, 5) is 16.3. The number of nitrogens with one attached hydrogen (secondary N) is 2. The lowest BCUT2D eigenvalue weighted by Gasteiger charge is -2.16. The summed E-state index contributed by atoms with van der Waals surface area (Å²) < 4.78 is 10.7. The zero-order chi connectivity index (χ0) is 18.9. The number of rotatable bonds is 7. The van der Waals surface area contributed by atoms with Crippen LogP contribution in [0.25, 0.3) is 10.9 Å². The van der Waals surface area contributed by atoms with Gasteiger partial charge in [0.05, 0.1) is 19.6 Å². The van der Waals surface area contributed by atoms with Crippen molar-refractivity contribution in [2.75, 3.05) is 20.8 Å². The molecule has 0 saturated heterocycles. The molecule has 0 aliphatic heterocycles. The highest BCUT2D eigenvalue weighted by Crippen LogP contribution is 2.51. The van der Waals surface area contributed by atoms with Gasteiger partial charge in [0, 0.05) is 23.6 Å². The Morgan fingerprint density at radius 2 is 1.96 bits per heavy atom. The molecule has 1 heterocycles.